The molecule has 0 aliphatic carbocycles. The maximum atomic E-state index is 11.9. The van der Waals surface area contributed by atoms with Gasteiger partial charge < -0.3 is 10.5 Å². The summed E-state index contributed by atoms with van der Waals surface area (Å²) < 4.78 is 7.90. The number of hydrogen-bond acceptors (Lipinski definition) is 4. The number of aryl methyl sites for hydroxylation is 2. The van der Waals surface area contributed by atoms with E-state index in [0.717, 1.165) is 32.7 Å². The van der Waals surface area contributed by atoms with Crippen LogP contribution < -0.4 is 10.5 Å². The van der Waals surface area contributed by atoms with Crippen molar-refractivity contribution >= 4 is 28.3 Å². The van der Waals surface area contributed by atoms with Gasteiger partial charge in [0, 0.05) is 6.07 Å². The van der Waals surface area contributed by atoms with Crippen LogP contribution in [0, 0.1) is 13.8 Å². The monoisotopic (exact) mass is 377 g/mol. The van der Waals surface area contributed by atoms with Gasteiger partial charge in [-0.2, -0.15) is 0 Å². The average Bonchev–Trinajstić information content (AvgIpc) is 3.24. The number of rotatable bonds is 5. The van der Waals surface area contributed by atoms with E-state index in [1.54, 1.807) is 6.33 Å². The van der Waals surface area contributed by atoms with Gasteiger partial charge in [-0.1, -0.05) is 30.3 Å². The summed E-state index contributed by atoms with van der Waals surface area (Å²) in [5.41, 5.74) is 10.8. The first-order chi connectivity index (χ1) is 13.0. The van der Waals surface area contributed by atoms with Crippen LogP contribution >= 0.6 is 11.3 Å². The van der Waals surface area contributed by atoms with Gasteiger partial charge in [0.2, 0.25) is 0 Å². The van der Waals surface area contributed by atoms with Gasteiger partial charge in [0.15, 0.2) is 0 Å². The van der Waals surface area contributed by atoms with E-state index >= 15 is 0 Å². The van der Waals surface area contributed by atoms with E-state index in [1.165, 1.54) is 11.3 Å². The minimum atomic E-state index is -0.494. The molecule has 27 heavy (non-hydrogen) atoms. The van der Waals surface area contributed by atoms with E-state index in [9.17, 15) is 4.79 Å². The van der Waals surface area contributed by atoms with Crippen LogP contribution in [0.2, 0.25) is 0 Å². The summed E-state index contributed by atoms with van der Waals surface area (Å²) in [7, 11) is 0. The van der Waals surface area contributed by atoms with Crippen molar-refractivity contribution in [1.82, 2.24) is 9.55 Å². The van der Waals surface area contributed by atoms with E-state index in [4.69, 9.17) is 10.5 Å². The highest BCUT2D eigenvalue weighted by Gasteiger charge is 2.18. The van der Waals surface area contributed by atoms with Crippen LogP contribution in [0.3, 0.4) is 0 Å². The summed E-state index contributed by atoms with van der Waals surface area (Å²) in [4.78, 5) is 16.8. The third kappa shape index (κ3) is 3.31. The second-order valence-corrected chi connectivity index (χ2v) is 7.49. The Morgan fingerprint density at radius 1 is 1.19 bits per heavy atom. The van der Waals surface area contributed by atoms with Crippen molar-refractivity contribution in [3.63, 3.8) is 0 Å². The quantitative estimate of drug-likeness (QED) is 0.561. The highest BCUT2D eigenvalue weighted by molar-refractivity contribution is 7.16. The van der Waals surface area contributed by atoms with Crippen molar-refractivity contribution in [2.75, 3.05) is 0 Å². The minimum absolute atomic E-state index is 0.382. The van der Waals surface area contributed by atoms with Crippen LogP contribution in [0.25, 0.3) is 16.0 Å². The van der Waals surface area contributed by atoms with Gasteiger partial charge in [-0.25, -0.2) is 4.98 Å². The van der Waals surface area contributed by atoms with Crippen LogP contribution in [0.15, 0.2) is 54.9 Å². The van der Waals surface area contributed by atoms with Crippen LogP contribution in [0.4, 0.5) is 0 Å². The Morgan fingerprint density at radius 2 is 2.00 bits per heavy atom. The molecule has 0 aliphatic heterocycles. The molecule has 2 aromatic carbocycles. The molecule has 2 aromatic heterocycles. The molecule has 0 bridgehead atoms. The number of imidazole rings is 1. The number of fused-ring (bicyclic) bond motifs is 1. The molecule has 0 spiro atoms. The summed E-state index contributed by atoms with van der Waals surface area (Å²) in [6, 6.07) is 16.0. The molecule has 5 nitrogen and oxygen atoms in total. The van der Waals surface area contributed by atoms with E-state index in [0.29, 0.717) is 17.2 Å². The second kappa shape index (κ2) is 6.89. The molecule has 2 N–H and O–H groups in total. The third-order valence-electron chi connectivity index (χ3n) is 4.49. The number of aromatic nitrogens is 2. The molecule has 4 aromatic rings. The van der Waals surface area contributed by atoms with E-state index < -0.39 is 5.91 Å². The molecule has 4 rings (SSSR count). The molecule has 2 heterocycles. The maximum Gasteiger partial charge on any atom is 0.262 e. The molecule has 0 unspecified atom stereocenters. The van der Waals surface area contributed by atoms with Crippen molar-refractivity contribution < 1.29 is 9.53 Å². The third-order valence-corrected chi connectivity index (χ3v) is 5.62. The number of benzene rings is 2. The van der Waals surface area contributed by atoms with Crippen LogP contribution in [-0.2, 0) is 6.61 Å². The number of carbonyl (C=O) groups excluding carboxylic acids is 1. The molecule has 1 amide bonds. The predicted molar refractivity (Wildman–Crippen MR) is 108 cm³/mol. The normalized spacial score (nSPS) is 11.0. The highest BCUT2D eigenvalue weighted by atomic mass is 32.1. The lowest BCUT2D eigenvalue weighted by Crippen LogP contribution is -2.10. The Labute approximate surface area is 161 Å². The van der Waals surface area contributed by atoms with Crippen molar-refractivity contribution in [3.8, 4) is 10.8 Å². The first-order valence-corrected chi connectivity index (χ1v) is 9.39. The largest absolute Gasteiger partial charge is 0.487 e. The van der Waals surface area contributed by atoms with Crippen molar-refractivity contribution in [1.29, 1.82) is 0 Å². The Bertz CT molecular complexity index is 1140. The first kappa shape index (κ1) is 17.3. The van der Waals surface area contributed by atoms with Crippen molar-refractivity contribution in [2.24, 2.45) is 5.73 Å². The molecule has 0 atom stereocenters. The summed E-state index contributed by atoms with van der Waals surface area (Å²) >= 11 is 1.31. The average molecular weight is 377 g/mol. The topological polar surface area (TPSA) is 70.1 Å². The molecule has 6 heteroatoms. The lowest BCUT2D eigenvalue weighted by atomic mass is 10.1. The second-order valence-electron chi connectivity index (χ2n) is 6.46. The van der Waals surface area contributed by atoms with Gasteiger partial charge in [-0.15, -0.1) is 11.3 Å². The Balaban J connectivity index is 1.70. The number of thiophene rings is 1. The van der Waals surface area contributed by atoms with E-state index in [1.807, 2.05) is 66.9 Å². The predicted octanol–water partition coefficient (Wildman–Crippen LogP) is 4.38. The molecule has 0 saturated carbocycles. The van der Waals surface area contributed by atoms with Gasteiger partial charge in [-0.3, -0.25) is 9.36 Å². The number of hydrogen-bond donors (Lipinski definition) is 1. The number of carbonyl (C=O) groups is 1. The number of amides is 1. The van der Waals surface area contributed by atoms with Gasteiger partial charge in [0.05, 0.1) is 11.0 Å². The molecule has 0 saturated heterocycles. The van der Waals surface area contributed by atoms with E-state index in [-0.39, 0.29) is 0 Å². The zero-order valence-electron chi connectivity index (χ0n) is 15.1. The number of nitrogens with two attached hydrogens (primary N) is 1. The lowest BCUT2D eigenvalue weighted by molar-refractivity contribution is 0.1000. The Morgan fingerprint density at radius 3 is 2.78 bits per heavy atom. The zero-order valence-corrected chi connectivity index (χ0v) is 15.9. The fraction of sp³-hybridized carbons (Fsp3) is 0.143. The number of primary amides is 1. The lowest BCUT2D eigenvalue weighted by Gasteiger charge is -2.08. The van der Waals surface area contributed by atoms with Crippen LogP contribution in [-0.4, -0.2) is 15.5 Å². The molecule has 136 valence electrons. The van der Waals surface area contributed by atoms with Gasteiger partial charge in [-0.05, 0) is 42.7 Å². The number of ether oxygens (including phenoxy) is 1. The van der Waals surface area contributed by atoms with Crippen molar-refractivity contribution in [2.45, 2.75) is 20.5 Å². The van der Waals surface area contributed by atoms with Gasteiger partial charge in [0.25, 0.3) is 5.91 Å². The fourth-order valence-corrected chi connectivity index (χ4v) is 3.92. The van der Waals surface area contributed by atoms with E-state index in [2.05, 4.69) is 4.98 Å². The fourth-order valence-electron chi connectivity index (χ4n) is 2.99. The standard InChI is InChI=1S/C21H19N3O2S/c1-13-7-8-17-16(9-13)23-12-24(17)19-10-18(20(27-19)21(22)25)26-11-15-6-4-3-5-14(15)2/h3-10,12H,11H2,1-2H3,(H2,22,25). The number of nitrogens with zero attached hydrogens (tertiary/aromatic N) is 2. The van der Waals surface area contributed by atoms with Gasteiger partial charge >= 0.3 is 0 Å². The summed E-state index contributed by atoms with van der Waals surface area (Å²) in [6.45, 7) is 4.45. The molecular weight excluding hydrogens is 358 g/mol. The minimum Gasteiger partial charge on any atom is -0.487 e. The van der Waals surface area contributed by atoms with Gasteiger partial charge in [0.1, 0.15) is 28.6 Å². The molecule has 0 radical (unpaired) electrons. The van der Waals surface area contributed by atoms with Crippen LogP contribution in [0.1, 0.15) is 26.4 Å². The Hall–Kier alpha value is -3.12. The van der Waals surface area contributed by atoms with Crippen molar-refractivity contribution in [3.05, 3.63) is 76.4 Å². The highest BCUT2D eigenvalue weighted by Crippen LogP contribution is 2.34. The zero-order chi connectivity index (χ0) is 19.0. The van der Waals surface area contributed by atoms with Crippen LogP contribution in [0.5, 0.6) is 5.75 Å². The summed E-state index contributed by atoms with van der Waals surface area (Å²) in [5, 5.41) is 0.843. The first-order valence-electron chi connectivity index (χ1n) is 8.58. The molecule has 0 fully saturated rings. The molecular formula is C21H19N3O2S. The smallest absolute Gasteiger partial charge is 0.262 e. The summed E-state index contributed by atoms with van der Waals surface area (Å²) in [5.74, 6) is 0.00557. The molecule has 0 aliphatic rings. The summed E-state index contributed by atoms with van der Waals surface area (Å²) in [6.07, 6.45) is 1.76. The SMILES string of the molecule is Cc1ccc2c(c1)ncn2-c1cc(OCc2ccccc2C)c(C(N)=O)s1. The Kier molecular flexibility index (Phi) is 4.41. The maximum absolute atomic E-state index is 11.9.